The van der Waals surface area contributed by atoms with Crippen LogP contribution in [0.15, 0.2) is 58.0 Å². The lowest BCUT2D eigenvalue weighted by Gasteiger charge is -2.26. The molecule has 1 fully saturated rings. The summed E-state index contributed by atoms with van der Waals surface area (Å²) in [4.78, 5) is 17.1. The average molecular weight is 468 g/mol. The predicted octanol–water partition coefficient (Wildman–Crippen LogP) is 4.70. The van der Waals surface area contributed by atoms with Gasteiger partial charge in [-0.2, -0.15) is 4.31 Å². The molecule has 1 saturated heterocycles. The molecule has 0 bridgehead atoms. The van der Waals surface area contributed by atoms with Crippen LogP contribution in [-0.2, 0) is 21.2 Å². The van der Waals surface area contributed by atoms with E-state index >= 15 is 0 Å². The molecular formula is C25H29N3O4S. The van der Waals surface area contributed by atoms with Crippen molar-refractivity contribution in [2.24, 2.45) is 0 Å². The Bertz CT molecular complexity index is 1230. The van der Waals surface area contributed by atoms with Gasteiger partial charge in [0.05, 0.1) is 11.1 Å². The number of rotatable bonds is 7. The fourth-order valence-electron chi connectivity index (χ4n) is 3.86. The van der Waals surface area contributed by atoms with E-state index in [2.05, 4.69) is 10.3 Å². The van der Waals surface area contributed by atoms with Crippen LogP contribution in [0.4, 0.5) is 5.69 Å². The molecule has 3 aromatic rings. The van der Waals surface area contributed by atoms with Gasteiger partial charge in [0.25, 0.3) is 0 Å². The Morgan fingerprint density at radius 1 is 1.06 bits per heavy atom. The Labute approximate surface area is 194 Å². The molecule has 0 unspecified atom stereocenters. The molecule has 1 amide bonds. The van der Waals surface area contributed by atoms with Gasteiger partial charge in [0.1, 0.15) is 0 Å². The zero-order valence-electron chi connectivity index (χ0n) is 19.0. The summed E-state index contributed by atoms with van der Waals surface area (Å²) in [6.07, 6.45) is 5.00. The van der Waals surface area contributed by atoms with E-state index in [1.807, 2.05) is 38.1 Å². The Balaban J connectivity index is 1.39. The number of anilines is 1. The fourth-order valence-corrected chi connectivity index (χ4v) is 5.40. The highest BCUT2D eigenvalue weighted by Gasteiger charge is 2.26. The largest absolute Gasteiger partial charge is 0.441 e. The standard InChI is InChI=1S/C25H29N3O4S/c1-18-6-9-20(10-7-18)23-17-26-25(32-23)13-12-24(29)27-22-16-21(11-8-19(22)2)33(30,31)28-14-4-3-5-15-28/h6-11,16-17H,3-5,12-15H2,1-2H3,(H,27,29). The lowest BCUT2D eigenvalue weighted by molar-refractivity contribution is -0.116. The van der Waals surface area contributed by atoms with Crippen LogP contribution in [0.2, 0.25) is 0 Å². The SMILES string of the molecule is Cc1ccc(-c2cnc(CCC(=O)Nc3cc(S(=O)(=O)N4CCCCC4)ccc3C)o2)cc1. The van der Waals surface area contributed by atoms with E-state index in [1.54, 1.807) is 24.4 Å². The van der Waals surface area contributed by atoms with E-state index < -0.39 is 10.0 Å². The number of sulfonamides is 1. The van der Waals surface area contributed by atoms with Gasteiger partial charge in [-0.3, -0.25) is 4.79 Å². The second-order valence-electron chi connectivity index (χ2n) is 8.47. The van der Waals surface area contributed by atoms with Crippen molar-refractivity contribution in [1.82, 2.24) is 9.29 Å². The monoisotopic (exact) mass is 467 g/mol. The number of carbonyl (C=O) groups excluding carboxylic acids is 1. The first-order valence-corrected chi connectivity index (χ1v) is 12.7. The molecule has 0 radical (unpaired) electrons. The summed E-state index contributed by atoms with van der Waals surface area (Å²) in [5, 5.41) is 2.85. The molecule has 1 aromatic heterocycles. The van der Waals surface area contributed by atoms with Crippen LogP contribution >= 0.6 is 0 Å². The average Bonchev–Trinajstić information content (AvgIpc) is 3.29. The van der Waals surface area contributed by atoms with Gasteiger partial charge in [-0.15, -0.1) is 0 Å². The maximum atomic E-state index is 13.0. The van der Waals surface area contributed by atoms with E-state index in [9.17, 15) is 13.2 Å². The van der Waals surface area contributed by atoms with Gasteiger partial charge in [-0.05, 0) is 44.4 Å². The molecule has 174 valence electrons. The minimum Gasteiger partial charge on any atom is -0.441 e. The van der Waals surface area contributed by atoms with E-state index in [4.69, 9.17) is 4.42 Å². The van der Waals surface area contributed by atoms with Gasteiger partial charge >= 0.3 is 0 Å². The number of aryl methyl sites for hydroxylation is 3. The van der Waals surface area contributed by atoms with Crippen molar-refractivity contribution in [3.63, 3.8) is 0 Å². The van der Waals surface area contributed by atoms with Gasteiger partial charge in [0.15, 0.2) is 11.7 Å². The molecule has 0 saturated carbocycles. The third-order valence-corrected chi connectivity index (χ3v) is 7.79. The van der Waals surface area contributed by atoms with Crippen LogP contribution in [0.25, 0.3) is 11.3 Å². The highest BCUT2D eigenvalue weighted by atomic mass is 32.2. The molecular weight excluding hydrogens is 438 g/mol. The summed E-state index contributed by atoms with van der Waals surface area (Å²) in [6, 6.07) is 12.8. The number of benzene rings is 2. The van der Waals surface area contributed by atoms with Crippen molar-refractivity contribution >= 4 is 21.6 Å². The highest BCUT2D eigenvalue weighted by Crippen LogP contribution is 2.26. The van der Waals surface area contributed by atoms with Gasteiger partial charge in [-0.25, -0.2) is 13.4 Å². The minimum absolute atomic E-state index is 0.177. The first-order valence-electron chi connectivity index (χ1n) is 11.3. The number of carbonyl (C=O) groups is 1. The summed E-state index contributed by atoms with van der Waals surface area (Å²) in [5.74, 6) is 0.927. The molecule has 7 nitrogen and oxygen atoms in total. The fraction of sp³-hybridized carbons (Fsp3) is 0.360. The van der Waals surface area contributed by atoms with Gasteiger partial charge in [0, 0.05) is 37.2 Å². The minimum atomic E-state index is -3.56. The number of nitrogens with one attached hydrogen (secondary N) is 1. The van der Waals surface area contributed by atoms with Crippen LogP contribution in [0.5, 0.6) is 0 Å². The van der Waals surface area contributed by atoms with Gasteiger partial charge in [0.2, 0.25) is 15.9 Å². The lowest BCUT2D eigenvalue weighted by Crippen LogP contribution is -2.35. The molecule has 1 aliphatic rings. The Morgan fingerprint density at radius 3 is 2.52 bits per heavy atom. The van der Waals surface area contributed by atoms with Crippen LogP contribution < -0.4 is 5.32 Å². The molecule has 1 aliphatic heterocycles. The second-order valence-corrected chi connectivity index (χ2v) is 10.4. The molecule has 0 atom stereocenters. The third-order valence-electron chi connectivity index (χ3n) is 5.89. The Kier molecular flexibility index (Phi) is 6.95. The van der Waals surface area contributed by atoms with Crippen molar-refractivity contribution in [2.75, 3.05) is 18.4 Å². The summed E-state index contributed by atoms with van der Waals surface area (Å²) in [5.41, 5.74) is 3.41. The molecule has 0 spiro atoms. The first kappa shape index (κ1) is 23.2. The Morgan fingerprint density at radius 2 is 1.79 bits per heavy atom. The zero-order valence-corrected chi connectivity index (χ0v) is 19.8. The summed E-state index contributed by atoms with van der Waals surface area (Å²) < 4.78 is 33.3. The molecule has 0 aliphatic carbocycles. The van der Waals surface area contributed by atoms with E-state index in [-0.39, 0.29) is 17.2 Å². The zero-order chi connectivity index (χ0) is 23.4. The maximum absolute atomic E-state index is 13.0. The molecule has 33 heavy (non-hydrogen) atoms. The molecule has 2 aromatic carbocycles. The highest BCUT2D eigenvalue weighted by molar-refractivity contribution is 7.89. The smallest absolute Gasteiger partial charge is 0.243 e. The lowest BCUT2D eigenvalue weighted by atomic mass is 10.1. The second kappa shape index (κ2) is 9.89. The van der Waals surface area contributed by atoms with Crippen LogP contribution in [0.3, 0.4) is 0 Å². The van der Waals surface area contributed by atoms with Crippen molar-refractivity contribution in [3.05, 3.63) is 65.7 Å². The van der Waals surface area contributed by atoms with Gasteiger partial charge in [-0.1, -0.05) is 42.3 Å². The van der Waals surface area contributed by atoms with E-state index in [0.717, 1.165) is 30.4 Å². The number of hydrogen-bond donors (Lipinski definition) is 1. The number of aromatic nitrogens is 1. The van der Waals surface area contributed by atoms with Crippen LogP contribution in [0.1, 0.15) is 42.7 Å². The number of hydrogen-bond acceptors (Lipinski definition) is 5. The number of amides is 1. The van der Waals surface area contributed by atoms with Crippen LogP contribution in [-0.4, -0.2) is 36.7 Å². The third kappa shape index (κ3) is 5.51. The van der Waals surface area contributed by atoms with Crippen molar-refractivity contribution in [2.45, 2.75) is 50.8 Å². The maximum Gasteiger partial charge on any atom is 0.243 e. The summed E-state index contributed by atoms with van der Waals surface area (Å²) in [7, 11) is -3.56. The summed E-state index contributed by atoms with van der Waals surface area (Å²) in [6.45, 7) is 4.95. The van der Waals surface area contributed by atoms with Crippen molar-refractivity contribution in [1.29, 1.82) is 0 Å². The quantitative estimate of drug-likeness (QED) is 0.543. The van der Waals surface area contributed by atoms with Crippen molar-refractivity contribution in [3.8, 4) is 11.3 Å². The predicted molar refractivity (Wildman–Crippen MR) is 127 cm³/mol. The molecule has 2 heterocycles. The molecule has 8 heteroatoms. The van der Waals surface area contributed by atoms with Crippen molar-refractivity contribution < 1.29 is 17.6 Å². The molecule has 4 rings (SSSR count). The normalized spacial score (nSPS) is 14.8. The van der Waals surface area contributed by atoms with E-state index in [0.29, 0.717) is 36.8 Å². The van der Waals surface area contributed by atoms with Gasteiger partial charge < -0.3 is 9.73 Å². The Hall–Kier alpha value is -2.97. The number of piperidine rings is 1. The topological polar surface area (TPSA) is 92.5 Å². The number of nitrogens with zero attached hydrogens (tertiary/aromatic N) is 2. The van der Waals surface area contributed by atoms with Crippen LogP contribution in [0, 0.1) is 13.8 Å². The van der Waals surface area contributed by atoms with E-state index in [1.165, 1.54) is 9.87 Å². The first-order chi connectivity index (χ1) is 15.8. The molecule has 1 N–H and O–H groups in total. The summed E-state index contributed by atoms with van der Waals surface area (Å²) >= 11 is 0. The number of oxazole rings is 1.